The predicted octanol–water partition coefficient (Wildman–Crippen LogP) is 10.1. The lowest BCUT2D eigenvalue weighted by Crippen LogP contribution is -2.55. The second-order valence-electron chi connectivity index (χ2n) is 15.2. The number of carboxylic acids is 1. The van der Waals surface area contributed by atoms with Gasteiger partial charge in [0.1, 0.15) is 12.6 Å². The number of carbonyl (C=O) groups excluding carboxylic acids is 3. The number of nitrogens with zero attached hydrogens (tertiary/aromatic N) is 1. The van der Waals surface area contributed by atoms with E-state index in [0.29, 0.717) is 12.8 Å². The number of carbonyl (C=O) groups is 3. The molecule has 2 unspecified atom stereocenters. The van der Waals surface area contributed by atoms with E-state index in [0.717, 1.165) is 57.8 Å². The minimum absolute atomic E-state index is 0.0173. The molecule has 0 N–H and O–H groups in total. The van der Waals surface area contributed by atoms with Crippen LogP contribution in [0.5, 0.6) is 0 Å². The van der Waals surface area contributed by atoms with Crippen LogP contribution in [-0.2, 0) is 28.6 Å². The van der Waals surface area contributed by atoms with Gasteiger partial charge >= 0.3 is 11.9 Å². The molecule has 2 atom stereocenters. The first-order valence-corrected chi connectivity index (χ1v) is 21.3. The molecular formula is C46H79NO7. The van der Waals surface area contributed by atoms with Crippen molar-refractivity contribution in [2.45, 2.75) is 174 Å². The van der Waals surface area contributed by atoms with Crippen LogP contribution < -0.4 is 5.11 Å². The van der Waals surface area contributed by atoms with E-state index in [-0.39, 0.29) is 49.1 Å². The van der Waals surface area contributed by atoms with E-state index < -0.39 is 18.1 Å². The zero-order chi connectivity index (χ0) is 40.0. The van der Waals surface area contributed by atoms with Gasteiger partial charge in [0.05, 0.1) is 40.3 Å². The minimum Gasteiger partial charge on any atom is -0.544 e. The monoisotopic (exact) mass is 758 g/mol. The Morgan fingerprint density at radius 2 is 1.04 bits per heavy atom. The Bertz CT molecular complexity index is 1070. The number of carboxylic acid groups (broad SMARTS) is 1. The molecule has 0 amide bonds. The van der Waals surface area contributed by atoms with Gasteiger partial charge in [0.2, 0.25) is 0 Å². The van der Waals surface area contributed by atoms with Crippen LogP contribution >= 0.6 is 0 Å². The van der Waals surface area contributed by atoms with Crippen molar-refractivity contribution in [3.05, 3.63) is 60.8 Å². The second kappa shape index (κ2) is 37.0. The summed E-state index contributed by atoms with van der Waals surface area (Å²) in [5, 5.41) is 11.6. The summed E-state index contributed by atoms with van der Waals surface area (Å²) in [4.78, 5) is 36.8. The number of unbranched alkanes of at least 4 members (excludes halogenated alkanes) is 13. The van der Waals surface area contributed by atoms with Gasteiger partial charge in [-0.1, -0.05) is 152 Å². The fourth-order valence-corrected chi connectivity index (χ4v) is 5.87. The van der Waals surface area contributed by atoms with Crippen molar-refractivity contribution in [2.75, 3.05) is 41.0 Å². The molecule has 8 nitrogen and oxygen atoms in total. The van der Waals surface area contributed by atoms with Crippen molar-refractivity contribution in [3.8, 4) is 0 Å². The number of allylic oxidation sites excluding steroid dienone is 10. The highest BCUT2D eigenvalue weighted by atomic mass is 16.6. The van der Waals surface area contributed by atoms with E-state index in [2.05, 4.69) is 74.6 Å². The maximum absolute atomic E-state index is 12.7. The molecular weight excluding hydrogens is 679 g/mol. The molecule has 0 aromatic rings. The van der Waals surface area contributed by atoms with E-state index in [1.807, 2.05) is 0 Å². The molecule has 0 aliphatic carbocycles. The Hall–Kier alpha value is -2.97. The minimum atomic E-state index is -1.14. The Balaban J connectivity index is 4.48. The molecule has 0 spiro atoms. The van der Waals surface area contributed by atoms with Crippen LogP contribution in [0.3, 0.4) is 0 Å². The number of rotatable bonds is 37. The van der Waals surface area contributed by atoms with Gasteiger partial charge in [-0.05, 0) is 51.4 Å². The highest BCUT2D eigenvalue weighted by molar-refractivity contribution is 5.70. The van der Waals surface area contributed by atoms with Gasteiger partial charge in [-0.2, -0.15) is 0 Å². The number of quaternary nitrogens is 1. The smallest absolute Gasteiger partial charge is 0.306 e. The molecule has 54 heavy (non-hydrogen) atoms. The lowest BCUT2D eigenvalue weighted by molar-refractivity contribution is -0.889. The van der Waals surface area contributed by atoms with Crippen LogP contribution in [0.4, 0.5) is 0 Å². The van der Waals surface area contributed by atoms with Gasteiger partial charge in [0.15, 0.2) is 6.10 Å². The van der Waals surface area contributed by atoms with Gasteiger partial charge in [-0.15, -0.1) is 0 Å². The average molecular weight is 758 g/mol. The summed E-state index contributed by atoms with van der Waals surface area (Å²) < 4.78 is 17.1. The van der Waals surface area contributed by atoms with Gasteiger partial charge in [-0.25, -0.2) is 0 Å². The zero-order valence-corrected chi connectivity index (χ0v) is 35.1. The number of likely N-dealkylation sites (N-methyl/N-ethyl adjacent to an activating group) is 1. The van der Waals surface area contributed by atoms with Crippen LogP contribution in [-0.4, -0.2) is 75.5 Å². The summed E-state index contributed by atoms with van der Waals surface area (Å²) in [7, 11) is 5.38. The predicted molar refractivity (Wildman–Crippen MR) is 222 cm³/mol. The van der Waals surface area contributed by atoms with E-state index in [1.54, 1.807) is 21.1 Å². The molecule has 0 aliphatic rings. The van der Waals surface area contributed by atoms with Crippen molar-refractivity contribution in [3.63, 3.8) is 0 Å². The molecule has 8 heteroatoms. The molecule has 0 aromatic carbocycles. The first-order chi connectivity index (χ1) is 26.1. The molecule has 0 saturated heterocycles. The number of ether oxygens (including phenoxy) is 3. The Morgan fingerprint density at radius 3 is 1.52 bits per heavy atom. The van der Waals surface area contributed by atoms with E-state index in [4.69, 9.17) is 14.2 Å². The van der Waals surface area contributed by atoms with Crippen LogP contribution in [0.2, 0.25) is 0 Å². The third-order valence-electron chi connectivity index (χ3n) is 9.17. The summed E-state index contributed by atoms with van der Waals surface area (Å²) in [5.41, 5.74) is 0. The lowest BCUT2D eigenvalue weighted by atomic mass is 10.0. The van der Waals surface area contributed by atoms with E-state index in [1.165, 1.54) is 64.2 Å². The average Bonchev–Trinajstić information content (AvgIpc) is 3.12. The number of hydrogen-bond acceptors (Lipinski definition) is 7. The first-order valence-electron chi connectivity index (χ1n) is 21.3. The summed E-state index contributed by atoms with van der Waals surface area (Å²) in [6.45, 7) is 4.47. The fourth-order valence-electron chi connectivity index (χ4n) is 5.87. The summed E-state index contributed by atoms with van der Waals surface area (Å²) >= 11 is 0. The summed E-state index contributed by atoms with van der Waals surface area (Å²) in [6.07, 6.45) is 43.9. The molecule has 0 fully saturated rings. The van der Waals surface area contributed by atoms with Crippen molar-refractivity contribution in [1.82, 2.24) is 0 Å². The zero-order valence-electron chi connectivity index (χ0n) is 35.1. The van der Waals surface area contributed by atoms with Gasteiger partial charge < -0.3 is 28.6 Å². The van der Waals surface area contributed by atoms with Crippen molar-refractivity contribution >= 4 is 17.9 Å². The number of hydrogen-bond donors (Lipinski definition) is 0. The molecule has 0 radical (unpaired) electrons. The third-order valence-corrected chi connectivity index (χ3v) is 9.17. The van der Waals surface area contributed by atoms with Crippen LogP contribution in [0.25, 0.3) is 0 Å². The molecule has 0 saturated carbocycles. The fraction of sp³-hybridized carbons (Fsp3) is 0.717. The van der Waals surface area contributed by atoms with E-state index >= 15 is 0 Å². The maximum Gasteiger partial charge on any atom is 0.306 e. The highest BCUT2D eigenvalue weighted by Gasteiger charge is 2.25. The lowest BCUT2D eigenvalue weighted by Gasteiger charge is -2.34. The van der Waals surface area contributed by atoms with Crippen LogP contribution in [0, 0.1) is 0 Å². The Morgan fingerprint density at radius 1 is 0.574 bits per heavy atom. The maximum atomic E-state index is 12.7. The molecule has 0 rings (SSSR count). The van der Waals surface area contributed by atoms with Gasteiger partial charge in [0.25, 0.3) is 0 Å². The van der Waals surface area contributed by atoms with Crippen molar-refractivity contribution < 1.29 is 38.2 Å². The summed E-state index contributed by atoms with van der Waals surface area (Å²) in [6, 6.07) is -0.736. The largest absolute Gasteiger partial charge is 0.544 e. The summed E-state index contributed by atoms with van der Waals surface area (Å²) in [5.74, 6) is -1.81. The normalized spacial score (nSPS) is 13.6. The molecule has 0 bridgehead atoms. The van der Waals surface area contributed by atoms with E-state index in [9.17, 15) is 19.5 Å². The molecule has 310 valence electrons. The van der Waals surface area contributed by atoms with Gasteiger partial charge in [0, 0.05) is 19.3 Å². The molecule has 0 aromatic heterocycles. The Kier molecular flexibility index (Phi) is 34.9. The standard InChI is InChI=1S/C46H79NO7/c1-6-8-10-12-14-16-18-20-21-22-23-25-27-29-31-33-35-37-45(49)54-42(40-52-39-38-43(46(50)51)47(3,4)5)41-53-44(48)36-34-32-30-28-26-24-19-17-15-13-11-9-7-2/h8,10,14,16,20-21,23,25,29,31,42-43H,6-7,9,11-13,15,17-19,22,24,26-28,30,32-41H2,1-5H3/b10-8+,16-14+,21-20+,25-23+,31-29+. The first kappa shape index (κ1) is 51.0. The van der Waals surface area contributed by atoms with Crippen molar-refractivity contribution in [2.24, 2.45) is 0 Å². The molecule has 0 aliphatic heterocycles. The number of aliphatic carboxylic acids is 1. The Labute approximate surface area is 330 Å². The quantitative estimate of drug-likeness (QED) is 0.0269. The number of esters is 2. The van der Waals surface area contributed by atoms with Gasteiger partial charge in [-0.3, -0.25) is 9.59 Å². The van der Waals surface area contributed by atoms with Crippen LogP contribution in [0.15, 0.2) is 60.8 Å². The second-order valence-corrected chi connectivity index (χ2v) is 15.2. The van der Waals surface area contributed by atoms with Crippen molar-refractivity contribution in [1.29, 1.82) is 0 Å². The highest BCUT2D eigenvalue weighted by Crippen LogP contribution is 2.14. The third kappa shape index (κ3) is 34.8. The van der Waals surface area contributed by atoms with Crippen LogP contribution in [0.1, 0.15) is 162 Å². The SMILES string of the molecule is CC/C=C/C/C=C/C/C=C/C/C=C/C/C=C/CCCC(=O)OC(COCCC(C(=O)[O-])[N+](C)(C)C)COC(=O)CCCCCCCCCCCCCCC. The molecule has 0 heterocycles. The topological polar surface area (TPSA) is 102 Å².